The highest BCUT2D eigenvalue weighted by Crippen LogP contribution is 2.26. The van der Waals surface area contributed by atoms with E-state index in [0.29, 0.717) is 12.8 Å². The van der Waals surface area contributed by atoms with Gasteiger partial charge in [0.2, 0.25) is 0 Å². The molecular formula is C7H12O3. The van der Waals surface area contributed by atoms with Gasteiger partial charge in [0.15, 0.2) is 11.4 Å². The van der Waals surface area contributed by atoms with Gasteiger partial charge in [0.25, 0.3) is 0 Å². The highest BCUT2D eigenvalue weighted by Gasteiger charge is 2.36. The number of carbonyl (C=O) groups excluding carboxylic acids is 1. The van der Waals surface area contributed by atoms with Gasteiger partial charge >= 0.3 is 0 Å². The standard InChI is InChI=1S/C7H12O3/c1-7(10-9)5-3-2-4-6(7)8/h9H,2-5H2,1H3. The minimum atomic E-state index is -0.905. The Balaban J connectivity index is 2.63. The molecule has 0 heterocycles. The van der Waals surface area contributed by atoms with Crippen LogP contribution >= 0.6 is 0 Å². The van der Waals surface area contributed by atoms with Crippen LogP contribution in [0, 0.1) is 0 Å². The monoisotopic (exact) mass is 144 g/mol. The van der Waals surface area contributed by atoms with Gasteiger partial charge < -0.3 is 0 Å². The lowest BCUT2D eigenvalue weighted by atomic mass is 9.85. The van der Waals surface area contributed by atoms with E-state index in [-0.39, 0.29) is 5.78 Å². The summed E-state index contributed by atoms with van der Waals surface area (Å²) in [6, 6.07) is 0. The summed E-state index contributed by atoms with van der Waals surface area (Å²) in [7, 11) is 0. The molecule has 1 rings (SSSR count). The molecule has 0 aliphatic heterocycles. The number of carbonyl (C=O) groups is 1. The van der Waals surface area contributed by atoms with Crippen LogP contribution in [-0.2, 0) is 9.68 Å². The fraction of sp³-hybridized carbons (Fsp3) is 0.857. The van der Waals surface area contributed by atoms with E-state index in [1.165, 1.54) is 0 Å². The van der Waals surface area contributed by atoms with E-state index in [1.54, 1.807) is 6.92 Å². The SMILES string of the molecule is CC1(OO)CCCCC1=O. The third-order valence-electron chi connectivity index (χ3n) is 2.10. The van der Waals surface area contributed by atoms with Crippen LogP contribution in [0.25, 0.3) is 0 Å². The van der Waals surface area contributed by atoms with Crippen molar-refractivity contribution in [2.75, 3.05) is 0 Å². The number of Topliss-reactive ketones (excluding diaryl/α,β-unsaturated/α-hetero) is 1. The smallest absolute Gasteiger partial charge is 0.167 e. The number of hydrogen-bond acceptors (Lipinski definition) is 3. The van der Waals surface area contributed by atoms with Gasteiger partial charge in [-0.15, -0.1) is 0 Å². The van der Waals surface area contributed by atoms with Gasteiger partial charge in [0.05, 0.1) is 0 Å². The summed E-state index contributed by atoms with van der Waals surface area (Å²) in [6.07, 6.45) is 3.07. The Labute approximate surface area is 59.9 Å². The second-order valence-electron chi connectivity index (χ2n) is 2.95. The molecule has 1 unspecified atom stereocenters. The second kappa shape index (κ2) is 2.68. The lowest BCUT2D eigenvalue weighted by Gasteiger charge is -2.27. The van der Waals surface area contributed by atoms with Crippen molar-refractivity contribution >= 4 is 5.78 Å². The molecule has 1 aliphatic rings. The van der Waals surface area contributed by atoms with Gasteiger partial charge in [-0.2, -0.15) is 0 Å². The zero-order valence-electron chi connectivity index (χ0n) is 6.09. The van der Waals surface area contributed by atoms with Crippen molar-refractivity contribution in [3.8, 4) is 0 Å². The summed E-state index contributed by atoms with van der Waals surface area (Å²) in [5.41, 5.74) is -0.905. The van der Waals surface area contributed by atoms with Crippen LogP contribution in [0.2, 0.25) is 0 Å². The molecule has 10 heavy (non-hydrogen) atoms. The predicted molar refractivity (Wildman–Crippen MR) is 35.6 cm³/mol. The van der Waals surface area contributed by atoms with Gasteiger partial charge in [0.1, 0.15) is 0 Å². The molecular weight excluding hydrogens is 132 g/mol. The lowest BCUT2D eigenvalue weighted by Crippen LogP contribution is -2.39. The van der Waals surface area contributed by atoms with Crippen LogP contribution in [-0.4, -0.2) is 16.6 Å². The summed E-state index contributed by atoms with van der Waals surface area (Å²) >= 11 is 0. The van der Waals surface area contributed by atoms with E-state index in [2.05, 4.69) is 4.89 Å². The van der Waals surface area contributed by atoms with E-state index in [4.69, 9.17) is 5.26 Å². The predicted octanol–water partition coefficient (Wildman–Crippen LogP) is 1.38. The van der Waals surface area contributed by atoms with E-state index in [1.807, 2.05) is 0 Å². The maximum atomic E-state index is 11.1. The first kappa shape index (κ1) is 7.69. The minimum absolute atomic E-state index is 0.0150. The van der Waals surface area contributed by atoms with E-state index < -0.39 is 5.60 Å². The molecule has 0 aromatic heterocycles. The largest absolute Gasteiger partial charge is 0.296 e. The van der Waals surface area contributed by atoms with Gasteiger partial charge in [-0.3, -0.25) is 10.1 Å². The second-order valence-corrected chi connectivity index (χ2v) is 2.95. The summed E-state index contributed by atoms with van der Waals surface area (Å²) in [4.78, 5) is 15.2. The van der Waals surface area contributed by atoms with Crippen LogP contribution in [0.1, 0.15) is 32.6 Å². The summed E-state index contributed by atoms with van der Waals surface area (Å²) in [5.74, 6) is 0.0150. The molecule has 58 valence electrons. The first-order valence-electron chi connectivity index (χ1n) is 3.55. The zero-order chi connectivity index (χ0) is 7.61. The van der Waals surface area contributed by atoms with Crippen LogP contribution in [0.4, 0.5) is 0 Å². The molecule has 3 heteroatoms. The summed E-state index contributed by atoms with van der Waals surface area (Å²) < 4.78 is 0. The molecule has 0 spiro atoms. The van der Waals surface area contributed by atoms with Gasteiger partial charge in [-0.1, -0.05) is 0 Å². The minimum Gasteiger partial charge on any atom is -0.296 e. The Bertz CT molecular complexity index is 144. The Morgan fingerprint density at radius 3 is 2.70 bits per heavy atom. The highest BCUT2D eigenvalue weighted by atomic mass is 17.1. The van der Waals surface area contributed by atoms with Crippen LogP contribution < -0.4 is 0 Å². The zero-order valence-corrected chi connectivity index (χ0v) is 6.09. The third kappa shape index (κ3) is 1.20. The maximum absolute atomic E-state index is 11.1. The first-order chi connectivity index (χ1) is 4.69. The Kier molecular flexibility index (Phi) is 2.06. The Hall–Kier alpha value is -0.410. The highest BCUT2D eigenvalue weighted by molar-refractivity contribution is 5.87. The lowest BCUT2D eigenvalue weighted by molar-refractivity contribution is -0.309. The molecule has 0 radical (unpaired) electrons. The molecule has 1 fully saturated rings. The first-order valence-corrected chi connectivity index (χ1v) is 3.55. The average molecular weight is 144 g/mol. The average Bonchev–Trinajstić information content (AvgIpc) is 1.96. The van der Waals surface area contributed by atoms with Crippen molar-refractivity contribution in [1.29, 1.82) is 0 Å². The van der Waals surface area contributed by atoms with Crippen LogP contribution in [0.3, 0.4) is 0 Å². The normalized spacial score (nSPS) is 34.4. The van der Waals surface area contributed by atoms with E-state index >= 15 is 0 Å². The fourth-order valence-electron chi connectivity index (χ4n) is 1.25. The van der Waals surface area contributed by atoms with Crippen LogP contribution in [0.5, 0.6) is 0 Å². The molecule has 1 aliphatic carbocycles. The summed E-state index contributed by atoms with van der Waals surface area (Å²) in [6.45, 7) is 1.63. The fourth-order valence-corrected chi connectivity index (χ4v) is 1.25. The van der Waals surface area contributed by atoms with Crippen LogP contribution in [0.15, 0.2) is 0 Å². The van der Waals surface area contributed by atoms with Gasteiger partial charge in [-0.25, -0.2) is 4.89 Å². The van der Waals surface area contributed by atoms with E-state index in [0.717, 1.165) is 12.8 Å². The molecule has 1 N–H and O–H groups in total. The van der Waals surface area contributed by atoms with Gasteiger partial charge in [0, 0.05) is 6.42 Å². The van der Waals surface area contributed by atoms with E-state index in [9.17, 15) is 4.79 Å². The molecule has 0 bridgehead atoms. The van der Waals surface area contributed by atoms with Gasteiger partial charge in [-0.05, 0) is 26.2 Å². The van der Waals surface area contributed by atoms with Crippen molar-refractivity contribution < 1.29 is 14.9 Å². The summed E-state index contributed by atoms with van der Waals surface area (Å²) in [5, 5.41) is 8.40. The number of hydrogen-bond donors (Lipinski definition) is 1. The van der Waals surface area contributed by atoms with Crippen molar-refractivity contribution in [3.05, 3.63) is 0 Å². The molecule has 1 saturated carbocycles. The third-order valence-corrected chi connectivity index (χ3v) is 2.10. The van der Waals surface area contributed by atoms with Crippen molar-refractivity contribution in [2.45, 2.75) is 38.2 Å². The quantitative estimate of drug-likeness (QED) is 0.446. The molecule has 0 amide bonds. The Morgan fingerprint density at radius 1 is 1.60 bits per heavy atom. The molecule has 1 atom stereocenters. The Morgan fingerprint density at radius 2 is 2.30 bits per heavy atom. The topological polar surface area (TPSA) is 46.5 Å². The molecule has 0 aromatic rings. The molecule has 0 aromatic carbocycles. The number of ketones is 1. The van der Waals surface area contributed by atoms with Crippen molar-refractivity contribution in [1.82, 2.24) is 0 Å². The van der Waals surface area contributed by atoms with Crippen molar-refractivity contribution in [2.24, 2.45) is 0 Å². The maximum Gasteiger partial charge on any atom is 0.167 e. The molecule has 0 saturated heterocycles. The number of rotatable bonds is 1. The molecule has 3 nitrogen and oxygen atoms in total. The van der Waals surface area contributed by atoms with Crippen molar-refractivity contribution in [3.63, 3.8) is 0 Å².